The minimum absolute atomic E-state index is 0. The van der Waals surface area contributed by atoms with E-state index in [1.54, 1.807) is 7.05 Å². The molecule has 24 heavy (non-hydrogen) atoms. The van der Waals surface area contributed by atoms with Gasteiger partial charge in [0.15, 0.2) is 5.96 Å². The SMILES string of the molecule is CN=C(NCCNC(=O)C(C)C)NC1CCN(C2CCCC2)C1.I. The minimum Gasteiger partial charge on any atom is -0.355 e. The van der Waals surface area contributed by atoms with Gasteiger partial charge in [-0.2, -0.15) is 0 Å². The molecular formula is C17H34IN5O. The van der Waals surface area contributed by atoms with Crippen LogP contribution < -0.4 is 16.0 Å². The number of likely N-dealkylation sites (tertiary alicyclic amines) is 1. The Bertz CT molecular complexity index is 410. The topological polar surface area (TPSA) is 68.8 Å². The van der Waals surface area contributed by atoms with Crippen LogP contribution >= 0.6 is 24.0 Å². The number of hydrogen-bond acceptors (Lipinski definition) is 3. The zero-order valence-corrected chi connectivity index (χ0v) is 17.6. The lowest BCUT2D eigenvalue weighted by Gasteiger charge is -2.24. The predicted octanol–water partition coefficient (Wildman–Crippen LogP) is 1.56. The number of carbonyl (C=O) groups excluding carboxylic acids is 1. The smallest absolute Gasteiger partial charge is 0.222 e. The molecule has 2 rings (SSSR count). The average molecular weight is 451 g/mol. The number of guanidine groups is 1. The van der Waals surface area contributed by atoms with E-state index in [1.807, 2.05) is 13.8 Å². The number of hydrogen-bond donors (Lipinski definition) is 3. The fourth-order valence-corrected chi connectivity index (χ4v) is 3.46. The first-order chi connectivity index (χ1) is 11.1. The van der Waals surface area contributed by atoms with Crippen LogP contribution in [0.1, 0.15) is 46.0 Å². The van der Waals surface area contributed by atoms with Crippen LogP contribution in [-0.2, 0) is 4.79 Å². The second-order valence-electron chi connectivity index (χ2n) is 7.01. The lowest BCUT2D eigenvalue weighted by molar-refractivity contribution is -0.123. The van der Waals surface area contributed by atoms with Crippen LogP contribution in [0.4, 0.5) is 0 Å². The Morgan fingerprint density at radius 1 is 1.17 bits per heavy atom. The van der Waals surface area contributed by atoms with Gasteiger partial charge in [-0.15, -0.1) is 24.0 Å². The summed E-state index contributed by atoms with van der Waals surface area (Å²) in [6.45, 7) is 7.44. The van der Waals surface area contributed by atoms with E-state index in [0.29, 0.717) is 19.1 Å². The molecule has 0 bridgehead atoms. The molecule has 140 valence electrons. The largest absolute Gasteiger partial charge is 0.355 e. The van der Waals surface area contributed by atoms with Gasteiger partial charge in [0.2, 0.25) is 5.91 Å². The van der Waals surface area contributed by atoms with Gasteiger partial charge in [-0.1, -0.05) is 26.7 Å². The summed E-state index contributed by atoms with van der Waals surface area (Å²) in [5.74, 6) is 0.965. The zero-order valence-electron chi connectivity index (χ0n) is 15.3. The van der Waals surface area contributed by atoms with Crippen molar-refractivity contribution in [3.63, 3.8) is 0 Å². The third-order valence-electron chi connectivity index (χ3n) is 4.87. The average Bonchev–Trinajstić information content (AvgIpc) is 3.20. The summed E-state index contributed by atoms with van der Waals surface area (Å²) >= 11 is 0. The highest BCUT2D eigenvalue weighted by Gasteiger charge is 2.30. The van der Waals surface area contributed by atoms with Crippen molar-refractivity contribution in [3.05, 3.63) is 0 Å². The Morgan fingerprint density at radius 3 is 2.46 bits per heavy atom. The van der Waals surface area contributed by atoms with Crippen molar-refractivity contribution in [2.24, 2.45) is 10.9 Å². The highest BCUT2D eigenvalue weighted by molar-refractivity contribution is 14.0. The van der Waals surface area contributed by atoms with Crippen LogP contribution in [0.5, 0.6) is 0 Å². The first-order valence-electron chi connectivity index (χ1n) is 9.09. The zero-order chi connectivity index (χ0) is 16.7. The summed E-state index contributed by atoms with van der Waals surface area (Å²) in [5, 5.41) is 9.70. The van der Waals surface area contributed by atoms with Crippen molar-refractivity contribution in [2.75, 3.05) is 33.2 Å². The van der Waals surface area contributed by atoms with E-state index < -0.39 is 0 Å². The van der Waals surface area contributed by atoms with Gasteiger partial charge in [-0.05, 0) is 19.3 Å². The Hall–Kier alpha value is -0.570. The van der Waals surface area contributed by atoms with Crippen LogP contribution in [-0.4, -0.2) is 62.1 Å². The van der Waals surface area contributed by atoms with Gasteiger partial charge >= 0.3 is 0 Å². The van der Waals surface area contributed by atoms with Crippen LogP contribution in [0.25, 0.3) is 0 Å². The molecule has 0 spiro atoms. The van der Waals surface area contributed by atoms with E-state index >= 15 is 0 Å². The standard InChI is InChI=1S/C17H33N5O.HI/c1-13(2)16(23)19-9-10-20-17(18-3)21-14-8-11-22(12-14)15-6-4-5-7-15;/h13-15H,4-12H2,1-3H3,(H,19,23)(H2,18,20,21);1H. The molecule has 0 aromatic carbocycles. The van der Waals surface area contributed by atoms with Crippen LogP contribution in [0, 0.1) is 5.92 Å². The molecule has 7 heteroatoms. The molecule has 1 aliphatic heterocycles. The second kappa shape index (κ2) is 11.1. The lowest BCUT2D eigenvalue weighted by atomic mass is 10.2. The van der Waals surface area contributed by atoms with E-state index in [0.717, 1.165) is 18.5 Å². The van der Waals surface area contributed by atoms with Gasteiger partial charge in [-0.3, -0.25) is 14.7 Å². The molecule has 1 amide bonds. The molecule has 1 aliphatic carbocycles. The van der Waals surface area contributed by atoms with E-state index in [9.17, 15) is 4.79 Å². The van der Waals surface area contributed by atoms with Crippen LogP contribution in [0.15, 0.2) is 4.99 Å². The molecule has 1 unspecified atom stereocenters. The quantitative estimate of drug-likeness (QED) is 0.248. The summed E-state index contributed by atoms with van der Waals surface area (Å²) in [6.07, 6.45) is 6.71. The fourth-order valence-electron chi connectivity index (χ4n) is 3.46. The molecular weight excluding hydrogens is 417 g/mol. The van der Waals surface area contributed by atoms with Crippen molar-refractivity contribution in [1.29, 1.82) is 0 Å². The van der Waals surface area contributed by atoms with Crippen molar-refractivity contribution in [2.45, 2.75) is 58.0 Å². The van der Waals surface area contributed by atoms with Crippen molar-refractivity contribution >= 4 is 35.8 Å². The van der Waals surface area contributed by atoms with Crippen LogP contribution in [0.2, 0.25) is 0 Å². The molecule has 1 heterocycles. The first-order valence-corrected chi connectivity index (χ1v) is 9.09. The Balaban J connectivity index is 0.00000288. The van der Waals surface area contributed by atoms with Crippen LogP contribution in [0.3, 0.4) is 0 Å². The third-order valence-corrected chi connectivity index (χ3v) is 4.87. The monoisotopic (exact) mass is 451 g/mol. The van der Waals surface area contributed by atoms with E-state index in [1.165, 1.54) is 38.6 Å². The molecule has 1 saturated heterocycles. The number of amides is 1. The molecule has 0 aromatic heterocycles. The second-order valence-corrected chi connectivity index (χ2v) is 7.01. The maximum absolute atomic E-state index is 11.5. The summed E-state index contributed by atoms with van der Waals surface area (Å²) in [7, 11) is 1.80. The third kappa shape index (κ3) is 6.74. The summed E-state index contributed by atoms with van der Waals surface area (Å²) in [5.41, 5.74) is 0. The molecule has 1 saturated carbocycles. The number of carbonyl (C=O) groups is 1. The van der Waals surface area contributed by atoms with Gasteiger partial charge in [0.25, 0.3) is 0 Å². The van der Waals surface area contributed by atoms with Crippen molar-refractivity contribution in [1.82, 2.24) is 20.9 Å². The fraction of sp³-hybridized carbons (Fsp3) is 0.882. The number of nitrogens with zero attached hydrogens (tertiary/aromatic N) is 2. The van der Waals surface area contributed by atoms with Crippen molar-refractivity contribution < 1.29 is 4.79 Å². The predicted molar refractivity (Wildman–Crippen MR) is 110 cm³/mol. The van der Waals surface area contributed by atoms with Gasteiger partial charge < -0.3 is 16.0 Å². The normalized spacial score (nSPS) is 22.5. The molecule has 3 N–H and O–H groups in total. The molecule has 0 radical (unpaired) electrons. The van der Waals surface area contributed by atoms with E-state index in [4.69, 9.17) is 0 Å². The van der Waals surface area contributed by atoms with Crippen molar-refractivity contribution in [3.8, 4) is 0 Å². The Labute approximate surface area is 163 Å². The number of halogens is 1. The molecule has 2 fully saturated rings. The summed E-state index contributed by atoms with van der Waals surface area (Å²) in [6, 6.07) is 1.29. The molecule has 2 aliphatic rings. The maximum atomic E-state index is 11.5. The van der Waals surface area contributed by atoms with Gasteiger partial charge in [-0.25, -0.2) is 0 Å². The minimum atomic E-state index is 0. The Morgan fingerprint density at radius 2 is 1.83 bits per heavy atom. The summed E-state index contributed by atoms with van der Waals surface area (Å²) < 4.78 is 0. The highest BCUT2D eigenvalue weighted by atomic mass is 127. The number of nitrogens with one attached hydrogen (secondary N) is 3. The highest BCUT2D eigenvalue weighted by Crippen LogP contribution is 2.26. The van der Waals surface area contributed by atoms with Gasteiger partial charge in [0.05, 0.1) is 0 Å². The molecule has 1 atom stereocenters. The number of aliphatic imine (C=N–C) groups is 1. The van der Waals surface area contributed by atoms with E-state index in [2.05, 4.69) is 25.8 Å². The first kappa shape index (κ1) is 21.5. The molecule has 6 nitrogen and oxygen atoms in total. The maximum Gasteiger partial charge on any atom is 0.222 e. The lowest BCUT2D eigenvalue weighted by Crippen LogP contribution is -2.47. The Kier molecular flexibility index (Phi) is 9.95. The van der Waals surface area contributed by atoms with E-state index in [-0.39, 0.29) is 35.8 Å². The number of rotatable bonds is 6. The molecule has 0 aromatic rings. The van der Waals surface area contributed by atoms with Gasteiger partial charge in [0, 0.05) is 51.2 Å². The van der Waals surface area contributed by atoms with Gasteiger partial charge in [0.1, 0.15) is 0 Å². The summed E-state index contributed by atoms with van der Waals surface area (Å²) in [4.78, 5) is 18.4.